The van der Waals surface area contributed by atoms with Crippen LogP contribution in [0.2, 0.25) is 0 Å². The maximum atomic E-state index is 10.9. The van der Waals surface area contributed by atoms with E-state index in [0.717, 1.165) is 13.0 Å². The van der Waals surface area contributed by atoms with Crippen molar-refractivity contribution < 1.29 is 14.3 Å². The van der Waals surface area contributed by atoms with Crippen LogP contribution in [0.1, 0.15) is 52.7 Å². The number of carbonyl (C=O) groups is 1. The molecule has 2 aromatic heterocycles. The number of aromatic carboxylic acids is 1. The van der Waals surface area contributed by atoms with E-state index in [1.54, 1.807) is 6.07 Å². The summed E-state index contributed by atoms with van der Waals surface area (Å²) in [7, 11) is 0. The lowest BCUT2D eigenvalue weighted by Crippen LogP contribution is -2.35. The van der Waals surface area contributed by atoms with Gasteiger partial charge in [-0.05, 0) is 49.4 Å². The van der Waals surface area contributed by atoms with Crippen LogP contribution in [0.15, 0.2) is 28.0 Å². The molecule has 1 N–H and O–H groups in total. The van der Waals surface area contributed by atoms with E-state index in [2.05, 4.69) is 30.2 Å². The molecule has 1 aliphatic heterocycles. The van der Waals surface area contributed by atoms with E-state index in [-0.39, 0.29) is 11.8 Å². The van der Waals surface area contributed by atoms with E-state index in [9.17, 15) is 4.79 Å². The molecule has 0 amide bonds. The van der Waals surface area contributed by atoms with E-state index in [1.807, 2.05) is 11.3 Å². The van der Waals surface area contributed by atoms with Crippen molar-refractivity contribution in [1.29, 1.82) is 0 Å². The molecule has 2 atom stereocenters. The van der Waals surface area contributed by atoms with Crippen molar-refractivity contribution in [3.63, 3.8) is 0 Å². The average Bonchev–Trinajstić information content (AvgIpc) is 3.08. The second kappa shape index (κ2) is 5.07. The molecule has 2 aromatic rings. The second-order valence-electron chi connectivity index (χ2n) is 5.15. The molecule has 3 rings (SSSR count). The molecule has 0 saturated heterocycles. The first-order valence-electron chi connectivity index (χ1n) is 6.73. The minimum absolute atomic E-state index is 0.00716. The maximum Gasteiger partial charge on any atom is 0.371 e. The van der Waals surface area contributed by atoms with Gasteiger partial charge in [0.05, 0.1) is 6.04 Å². The van der Waals surface area contributed by atoms with Gasteiger partial charge in [-0.15, -0.1) is 11.3 Å². The number of fused-ring (bicyclic) bond motifs is 1. The smallest absolute Gasteiger partial charge is 0.371 e. The molecule has 1 aliphatic rings. The molecule has 3 heterocycles. The molecule has 2 unspecified atom stereocenters. The van der Waals surface area contributed by atoms with E-state index < -0.39 is 5.97 Å². The van der Waals surface area contributed by atoms with Crippen LogP contribution >= 0.6 is 11.3 Å². The number of hydrogen-bond acceptors (Lipinski definition) is 4. The van der Waals surface area contributed by atoms with Crippen molar-refractivity contribution >= 4 is 17.3 Å². The Balaban J connectivity index is 1.84. The van der Waals surface area contributed by atoms with Gasteiger partial charge < -0.3 is 9.52 Å². The highest BCUT2D eigenvalue weighted by atomic mass is 32.1. The SMILES string of the molecule is CC(c1ccc(C(=O)O)o1)N1CCc2sccc2C1C. The van der Waals surface area contributed by atoms with Crippen molar-refractivity contribution in [2.24, 2.45) is 0 Å². The van der Waals surface area contributed by atoms with Crippen LogP contribution in [-0.4, -0.2) is 22.5 Å². The van der Waals surface area contributed by atoms with Crippen LogP contribution in [-0.2, 0) is 6.42 Å². The number of carboxylic acid groups (broad SMARTS) is 1. The summed E-state index contributed by atoms with van der Waals surface area (Å²) in [4.78, 5) is 14.7. The topological polar surface area (TPSA) is 53.7 Å². The van der Waals surface area contributed by atoms with E-state index in [0.29, 0.717) is 11.8 Å². The van der Waals surface area contributed by atoms with Crippen LogP contribution in [0, 0.1) is 0 Å². The summed E-state index contributed by atoms with van der Waals surface area (Å²) in [6.07, 6.45) is 1.05. The summed E-state index contributed by atoms with van der Waals surface area (Å²) in [6.45, 7) is 5.24. The van der Waals surface area contributed by atoms with Gasteiger partial charge in [0.15, 0.2) is 0 Å². The molecule has 4 nitrogen and oxygen atoms in total. The Morgan fingerprint density at radius 1 is 1.50 bits per heavy atom. The molecule has 20 heavy (non-hydrogen) atoms. The molecule has 5 heteroatoms. The number of nitrogens with zero attached hydrogens (tertiary/aromatic N) is 1. The Hall–Kier alpha value is -1.59. The summed E-state index contributed by atoms with van der Waals surface area (Å²) in [6, 6.07) is 5.89. The molecule has 106 valence electrons. The number of carboxylic acids is 1. The third kappa shape index (κ3) is 2.17. The van der Waals surface area contributed by atoms with Gasteiger partial charge in [0, 0.05) is 17.5 Å². The molecule has 0 aromatic carbocycles. The lowest BCUT2D eigenvalue weighted by atomic mass is 9.99. The van der Waals surface area contributed by atoms with Crippen LogP contribution in [0.4, 0.5) is 0 Å². The zero-order valence-electron chi connectivity index (χ0n) is 11.5. The minimum Gasteiger partial charge on any atom is -0.475 e. The highest BCUT2D eigenvalue weighted by molar-refractivity contribution is 7.10. The largest absolute Gasteiger partial charge is 0.475 e. The standard InChI is InChI=1S/C15H17NO3S/c1-9-11-6-8-20-14(11)5-7-16(9)10(2)12-3-4-13(19-12)15(17)18/h3-4,6,8-10H,5,7H2,1-2H3,(H,17,18). The molecule has 0 spiro atoms. The van der Waals surface area contributed by atoms with Gasteiger partial charge in [0.2, 0.25) is 5.76 Å². The van der Waals surface area contributed by atoms with Gasteiger partial charge in [0.25, 0.3) is 0 Å². The van der Waals surface area contributed by atoms with Gasteiger partial charge in [-0.3, -0.25) is 4.90 Å². The van der Waals surface area contributed by atoms with Crippen molar-refractivity contribution in [3.8, 4) is 0 Å². The lowest BCUT2D eigenvalue weighted by molar-refractivity contribution is 0.0652. The third-order valence-electron chi connectivity index (χ3n) is 4.07. The first-order valence-corrected chi connectivity index (χ1v) is 7.61. The minimum atomic E-state index is -1.02. The number of furan rings is 1. The molecular formula is C15H17NO3S. The number of thiophene rings is 1. The van der Waals surface area contributed by atoms with Gasteiger partial charge in [-0.25, -0.2) is 4.79 Å². The summed E-state index contributed by atoms with van der Waals surface area (Å²) in [5, 5.41) is 11.1. The molecule has 0 bridgehead atoms. The monoisotopic (exact) mass is 291 g/mol. The zero-order valence-corrected chi connectivity index (χ0v) is 12.3. The lowest BCUT2D eigenvalue weighted by Gasteiger charge is -2.37. The highest BCUT2D eigenvalue weighted by Crippen LogP contribution is 2.38. The highest BCUT2D eigenvalue weighted by Gasteiger charge is 2.30. The fourth-order valence-corrected chi connectivity index (χ4v) is 3.88. The zero-order chi connectivity index (χ0) is 14.3. The Kier molecular flexibility index (Phi) is 3.40. The summed E-state index contributed by atoms with van der Waals surface area (Å²) < 4.78 is 5.44. The second-order valence-corrected chi connectivity index (χ2v) is 6.15. The van der Waals surface area contributed by atoms with Gasteiger partial charge in [-0.2, -0.15) is 0 Å². The number of rotatable bonds is 3. The molecular weight excluding hydrogens is 274 g/mol. The number of hydrogen-bond donors (Lipinski definition) is 1. The Morgan fingerprint density at radius 3 is 3.00 bits per heavy atom. The predicted octanol–water partition coefficient (Wildman–Crippen LogP) is 3.72. The molecule has 0 radical (unpaired) electrons. The van der Waals surface area contributed by atoms with E-state index >= 15 is 0 Å². The quantitative estimate of drug-likeness (QED) is 0.936. The van der Waals surface area contributed by atoms with Gasteiger partial charge in [-0.1, -0.05) is 0 Å². The molecule has 0 saturated carbocycles. The van der Waals surface area contributed by atoms with Crippen LogP contribution in [0.3, 0.4) is 0 Å². The molecule has 0 aliphatic carbocycles. The summed E-state index contributed by atoms with van der Waals surface area (Å²) >= 11 is 1.82. The van der Waals surface area contributed by atoms with Gasteiger partial charge >= 0.3 is 5.97 Å². The summed E-state index contributed by atoms with van der Waals surface area (Å²) in [5.41, 5.74) is 1.39. The molecule has 0 fully saturated rings. The maximum absolute atomic E-state index is 10.9. The van der Waals surface area contributed by atoms with E-state index in [1.165, 1.54) is 16.5 Å². The van der Waals surface area contributed by atoms with Crippen molar-refractivity contribution in [2.45, 2.75) is 32.4 Å². The van der Waals surface area contributed by atoms with Crippen molar-refractivity contribution in [2.75, 3.05) is 6.54 Å². The van der Waals surface area contributed by atoms with E-state index in [4.69, 9.17) is 9.52 Å². The van der Waals surface area contributed by atoms with Crippen molar-refractivity contribution in [1.82, 2.24) is 4.90 Å². The Morgan fingerprint density at radius 2 is 2.30 bits per heavy atom. The average molecular weight is 291 g/mol. The fraction of sp³-hybridized carbons (Fsp3) is 0.400. The van der Waals surface area contributed by atoms with Crippen molar-refractivity contribution in [3.05, 3.63) is 45.5 Å². The third-order valence-corrected chi connectivity index (χ3v) is 5.07. The van der Waals surface area contributed by atoms with Gasteiger partial charge in [0.1, 0.15) is 5.76 Å². The fourth-order valence-electron chi connectivity index (χ4n) is 2.91. The first kappa shape index (κ1) is 13.4. The Bertz CT molecular complexity index is 631. The normalized spacial score (nSPS) is 20.6. The van der Waals surface area contributed by atoms with Crippen LogP contribution in [0.5, 0.6) is 0 Å². The van der Waals surface area contributed by atoms with Crippen LogP contribution in [0.25, 0.3) is 0 Å². The van der Waals surface area contributed by atoms with Crippen LogP contribution < -0.4 is 0 Å². The first-order chi connectivity index (χ1) is 9.58. The Labute approximate surface area is 121 Å². The predicted molar refractivity (Wildman–Crippen MR) is 77.2 cm³/mol. The summed E-state index contributed by atoms with van der Waals surface area (Å²) in [5.74, 6) is -0.295.